The second-order valence-electron chi connectivity index (χ2n) is 6.39. The first-order valence-electron chi connectivity index (χ1n) is 8.21. The maximum atomic E-state index is 10.6. The van der Waals surface area contributed by atoms with Crippen molar-refractivity contribution in [3.05, 3.63) is 30.4 Å². The van der Waals surface area contributed by atoms with E-state index in [0.29, 0.717) is 0 Å². The summed E-state index contributed by atoms with van der Waals surface area (Å²) >= 11 is 0. The van der Waals surface area contributed by atoms with E-state index < -0.39 is 12.1 Å². The molecule has 8 nitrogen and oxygen atoms in total. The molecule has 11 heteroatoms. The summed E-state index contributed by atoms with van der Waals surface area (Å²) in [6.45, 7) is 5.20. The Morgan fingerprint density at radius 1 is 1.31 bits per heavy atom. The lowest BCUT2D eigenvalue weighted by Crippen LogP contribution is -2.35. The molecule has 0 saturated heterocycles. The number of aliphatic carboxylic acids is 1. The zero-order valence-corrected chi connectivity index (χ0v) is 13.9. The molecule has 0 atom stereocenters. The lowest BCUT2D eigenvalue weighted by atomic mass is 10.3. The highest BCUT2D eigenvalue weighted by molar-refractivity contribution is 5.73. The first-order valence-corrected chi connectivity index (χ1v) is 8.21. The Kier molecular flexibility index (Phi) is 5.25. The van der Waals surface area contributed by atoms with Gasteiger partial charge in [0.1, 0.15) is 18.5 Å². The van der Waals surface area contributed by atoms with Gasteiger partial charge >= 0.3 is 12.1 Å². The van der Waals surface area contributed by atoms with Gasteiger partial charge in [0.2, 0.25) is 0 Å². The molecule has 2 aromatic heterocycles. The van der Waals surface area contributed by atoms with E-state index in [9.17, 15) is 13.2 Å². The van der Waals surface area contributed by atoms with Gasteiger partial charge in [0.05, 0.1) is 25.0 Å². The van der Waals surface area contributed by atoms with Gasteiger partial charge in [-0.3, -0.25) is 4.90 Å². The zero-order chi connectivity index (χ0) is 18.7. The van der Waals surface area contributed by atoms with Gasteiger partial charge in [-0.25, -0.2) is 19.4 Å². The summed E-state index contributed by atoms with van der Waals surface area (Å²) in [7, 11) is 0. The molecule has 4 rings (SSSR count). The Morgan fingerprint density at radius 2 is 2.04 bits per heavy atom. The first kappa shape index (κ1) is 18.4. The number of fused-ring (bicyclic) bond motifs is 1. The molecule has 2 aliphatic rings. The molecule has 26 heavy (non-hydrogen) atoms. The lowest BCUT2D eigenvalue weighted by Gasteiger charge is -2.28. The quantitative estimate of drug-likeness (QED) is 0.872. The summed E-state index contributed by atoms with van der Waals surface area (Å²) < 4.78 is 35.9. The van der Waals surface area contributed by atoms with E-state index in [4.69, 9.17) is 9.90 Å². The van der Waals surface area contributed by atoms with Crippen LogP contribution >= 0.6 is 0 Å². The second-order valence-corrected chi connectivity index (χ2v) is 6.39. The molecule has 1 aliphatic carbocycles. The maximum Gasteiger partial charge on any atom is 0.490 e. The van der Waals surface area contributed by atoms with Gasteiger partial charge in [0.15, 0.2) is 0 Å². The van der Waals surface area contributed by atoms with Gasteiger partial charge in [-0.15, -0.1) is 0 Å². The van der Waals surface area contributed by atoms with Crippen LogP contribution in [0.2, 0.25) is 0 Å². The number of rotatable bonds is 4. The van der Waals surface area contributed by atoms with E-state index in [1.165, 1.54) is 30.9 Å². The number of carboxylic acids is 1. The van der Waals surface area contributed by atoms with Gasteiger partial charge in [-0.1, -0.05) is 0 Å². The van der Waals surface area contributed by atoms with Crippen molar-refractivity contribution >= 4 is 5.97 Å². The first-order chi connectivity index (χ1) is 12.3. The Morgan fingerprint density at radius 3 is 2.62 bits per heavy atom. The number of halogens is 3. The van der Waals surface area contributed by atoms with Crippen molar-refractivity contribution in [1.82, 2.24) is 29.2 Å². The summed E-state index contributed by atoms with van der Waals surface area (Å²) in [5.74, 6) is -0.606. The van der Waals surface area contributed by atoms with Crippen molar-refractivity contribution in [2.45, 2.75) is 38.7 Å². The van der Waals surface area contributed by atoms with Crippen LogP contribution in [0.3, 0.4) is 0 Å². The minimum Gasteiger partial charge on any atom is -0.475 e. The van der Waals surface area contributed by atoms with E-state index in [1.54, 1.807) is 12.7 Å². The molecule has 2 aromatic rings. The monoisotopic (exact) mass is 372 g/mol. The molecule has 3 heterocycles. The lowest BCUT2D eigenvalue weighted by molar-refractivity contribution is -0.192. The molecule has 1 aliphatic heterocycles. The smallest absolute Gasteiger partial charge is 0.475 e. The highest BCUT2D eigenvalue weighted by Gasteiger charge is 2.38. The zero-order valence-electron chi connectivity index (χ0n) is 13.9. The Hall–Kier alpha value is -2.43. The summed E-state index contributed by atoms with van der Waals surface area (Å²) in [5, 5.41) is 11.3. The van der Waals surface area contributed by atoms with Crippen LogP contribution in [-0.2, 0) is 24.4 Å². The fraction of sp³-hybridized carbons (Fsp3) is 0.600. The predicted molar refractivity (Wildman–Crippen MR) is 83.0 cm³/mol. The number of imidazole rings is 1. The minimum absolute atomic E-state index is 0.760. The highest BCUT2D eigenvalue weighted by atomic mass is 19.4. The molecule has 1 N–H and O–H groups in total. The van der Waals surface area contributed by atoms with Crippen LogP contribution < -0.4 is 0 Å². The van der Waals surface area contributed by atoms with Crippen molar-refractivity contribution in [3.63, 3.8) is 0 Å². The second kappa shape index (κ2) is 7.44. The van der Waals surface area contributed by atoms with Crippen molar-refractivity contribution in [3.8, 4) is 0 Å². The molecular formula is C15H19F3N6O2. The molecule has 0 bridgehead atoms. The van der Waals surface area contributed by atoms with Crippen molar-refractivity contribution in [1.29, 1.82) is 0 Å². The van der Waals surface area contributed by atoms with Crippen molar-refractivity contribution in [2.24, 2.45) is 5.92 Å². The van der Waals surface area contributed by atoms with Gasteiger partial charge in [-0.05, 0) is 18.8 Å². The van der Waals surface area contributed by atoms with Crippen LogP contribution in [0.5, 0.6) is 0 Å². The topological polar surface area (TPSA) is 89.1 Å². The normalized spacial score (nSPS) is 17.3. The van der Waals surface area contributed by atoms with Crippen LogP contribution in [0.4, 0.5) is 13.2 Å². The largest absolute Gasteiger partial charge is 0.490 e. The number of hydrogen-bond donors (Lipinski definition) is 1. The van der Waals surface area contributed by atoms with E-state index in [1.807, 2.05) is 10.9 Å². The third kappa shape index (κ3) is 4.81. The molecule has 0 unspecified atom stereocenters. The van der Waals surface area contributed by atoms with E-state index in [2.05, 4.69) is 24.5 Å². The fourth-order valence-electron chi connectivity index (χ4n) is 2.80. The van der Waals surface area contributed by atoms with Crippen LogP contribution in [-0.4, -0.2) is 59.6 Å². The SMILES string of the molecule is O=C(O)C(F)(F)F.c1ncn(Cc2cnc3n2CCN(CC2CC2)C3)n1. The summed E-state index contributed by atoms with van der Waals surface area (Å²) in [6, 6.07) is 0. The summed E-state index contributed by atoms with van der Waals surface area (Å²) in [4.78, 5) is 20.0. The standard InChI is InChI=1S/C13H18N6.C2HF3O2/c1-2-11(1)6-17-3-4-19-12(5-15-13(19)8-17)7-18-10-14-9-16-18;3-2(4,5)1(6)7/h5,9-11H,1-4,6-8H2;(H,6,7). The molecule has 0 spiro atoms. The van der Waals surface area contributed by atoms with E-state index in [0.717, 1.165) is 32.1 Å². The predicted octanol–water partition coefficient (Wildman–Crippen LogP) is 1.38. The molecule has 1 saturated carbocycles. The number of nitrogens with zero attached hydrogens (tertiary/aromatic N) is 6. The molecule has 0 radical (unpaired) electrons. The third-order valence-corrected chi connectivity index (χ3v) is 4.27. The van der Waals surface area contributed by atoms with Gasteiger partial charge < -0.3 is 9.67 Å². The number of carbonyl (C=O) groups is 1. The summed E-state index contributed by atoms with van der Waals surface area (Å²) in [6.07, 6.45) is 3.07. The summed E-state index contributed by atoms with van der Waals surface area (Å²) in [5.41, 5.74) is 1.23. The van der Waals surface area contributed by atoms with Crippen molar-refractivity contribution < 1.29 is 23.1 Å². The molecule has 0 aromatic carbocycles. The van der Waals surface area contributed by atoms with Crippen LogP contribution in [0.1, 0.15) is 24.4 Å². The molecule has 142 valence electrons. The van der Waals surface area contributed by atoms with E-state index in [-0.39, 0.29) is 0 Å². The Bertz CT molecular complexity index is 739. The van der Waals surface area contributed by atoms with Gasteiger partial charge in [-0.2, -0.15) is 18.3 Å². The highest BCUT2D eigenvalue weighted by Crippen LogP contribution is 2.30. The average Bonchev–Trinajstić information content (AvgIpc) is 3.08. The molecular weight excluding hydrogens is 353 g/mol. The number of alkyl halides is 3. The maximum absolute atomic E-state index is 10.6. The Balaban J connectivity index is 0.000000242. The number of hydrogen-bond acceptors (Lipinski definition) is 5. The van der Waals surface area contributed by atoms with Crippen molar-refractivity contribution in [2.75, 3.05) is 13.1 Å². The van der Waals surface area contributed by atoms with Crippen LogP contribution in [0, 0.1) is 5.92 Å². The Labute approximate surface area is 147 Å². The van der Waals surface area contributed by atoms with Crippen LogP contribution in [0.15, 0.2) is 18.9 Å². The van der Waals surface area contributed by atoms with Gasteiger partial charge in [0.25, 0.3) is 0 Å². The third-order valence-electron chi connectivity index (χ3n) is 4.27. The van der Waals surface area contributed by atoms with Gasteiger partial charge in [0, 0.05) is 19.6 Å². The number of carboxylic acid groups (broad SMARTS) is 1. The molecule has 0 amide bonds. The minimum atomic E-state index is -5.08. The number of aromatic nitrogens is 5. The average molecular weight is 372 g/mol. The van der Waals surface area contributed by atoms with E-state index >= 15 is 0 Å². The fourth-order valence-corrected chi connectivity index (χ4v) is 2.80. The van der Waals surface area contributed by atoms with Crippen LogP contribution in [0.25, 0.3) is 0 Å². The molecule has 1 fully saturated rings.